The van der Waals surface area contributed by atoms with Gasteiger partial charge in [-0.05, 0) is 42.8 Å². The molecule has 5 rings (SSSR count). The summed E-state index contributed by atoms with van der Waals surface area (Å²) in [6.07, 6.45) is 7.21. The van der Waals surface area contributed by atoms with Crippen LogP contribution in [0.25, 0.3) is 51.5 Å². The van der Waals surface area contributed by atoms with E-state index in [2.05, 4.69) is 36.7 Å². The maximum absolute atomic E-state index is 14.5. The zero-order valence-electron chi connectivity index (χ0n) is 17.3. The Labute approximate surface area is 182 Å². The molecule has 0 saturated heterocycles. The van der Waals surface area contributed by atoms with Gasteiger partial charge in [-0.25, -0.2) is 14.4 Å². The van der Waals surface area contributed by atoms with Crippen LogP contribution in [-0.2, 0) is 0 Å². The van der Waals surface area contributed by atoms with Crippen LogP contribution in [0, 0.1) is 5.82 Å². The van der Waals surface area contributed by atoms with Gasteiger partial charge in [-0.3, -0.25) is 10.1 Å². The number of aromatic amines is 2. The lowest BCUT2D eigenvalue weighted by molar-refractivity contribution is 0.631. The number of nitrogens with one attached hydrogen (secondary N) is 2. The fraction of sp³-hybridized carbons (Fsp3) is 0.0400. The highest BCUT2D eigenvalue weighted by Gasteiger charge is 2.16. The van der Waals surface area contributed by atoms with Gasteiger partial charge < -0.3 is 4.98 Å². The minimum Gasteiger partial charge on any atom is -0.335 e. The summed E-state index contributed by atoms with van der Waals surface area (Å²) in [4.78, 5) is 16.7. The molecule has 156 valence electrons. The molecule has 0 unspecified atom stereocenters. The van der Waals surface area contributed by atoms with Gasteiger partial charge in [0.25, 0.3) is 0 Å². The molecule has 0 aliphatic carbocycles. The van der Waals surface area contributed by atoms with E-state index < -0.39 is 0 Å². The Bertz CT molecular complexity index is 1560. The lowest BCUT2D eigenvalue weighted by atomic mass is 10.1. The molecule has 5 aromatic rings. The van der Waals surface area contributed by atoms with E-state index in [4.69, 9.17) is 0 Å². The maximum atomic E-state index is 14.5. The van der Waals surface area contributed by atoms with Gasteiger partial charge in [0.1, 0.15) is 11.5 Å². The Balaban J connectivity index is 1.69. The highest BCUT2D eigenvalue weighted by atomic mass is 19.1. The van der Waals surface area contributed by atoms with Gasteiger partial charge in [0, 0.05) is 28.7 Å². The minimum absolute atomic E-state index is 0.306. The second kappa shape index (κ2) is 8.03. The first-order chi connectivity index (χ1) is 15.7. The van der Waals surface area contributed by atoms with E-state index in [1.54, 1.807) is 36.7 Å². The number of fused-ring (bicyclic) bond motifs is 1. The third-order valence-electron chi connectivity index (χ3n) is 5.21. The Kier molecular flexibility index (Phi) is 4.91. The summed E-state index contributed by atoms with van der Waals surface area (Å²) in [7, 11) is 0. The molecule has 0 saturated carbocycles. The number of hydrogen-bond acceptors (Lipinski definition) is 4. The van der Waals surface area contributed by atoms with Crippen molar-refractivity contribution in [3.05, 3.63) is 89.6 Å². The predicted octanol–water partition coefficient (Wildman–Crippen LogP) is 3.84. The van der Waals surface area contributed by atoms with Gasteiger partial charge >= 0.3 is 0 Å². The van der Waals surface area contributed by atoms with Gasteiger partial charge in [0.2, 0.25) is 0 Å². The third-order valence-corrected chi connectivity index (χ3v) is 5.21. The Morgan fingerprint density at radius 2 is 1.84 bits per heavy atom. The Morgan fingerprint density at radius 1 is 1.00 bits per heavy atom. The van der Waals surface area contributed by atoms with Crippen molar-refractivity contribution in [3.63, 3.8) is 0 Å². The fourth-order valence-corrected chi connectivity index (χ4v) is 3.64. The number of imidazole rings is 1. The van der Waals surface area contributed by atoms with E-state index >= 15 is 0 Å². The van der Waals surface area contributed by atoms with Crippen LogP contribution in [-0.4, -0.2) is 30.1 Å². The molecule has 7 heteroatoms. The third kappa shape index (κ3) is 3.39. The van der Waals surface area contributed by atoms with E-state index in [9.17, 15) is 4.39 Å². The topological polar surface area (TPSA) is 83.1 Å². The molecule has 0 fully saturated rings. The Morgan fingerprint density at radius 3 is 2.62 bits per heavy atom. The zero-order valence-corrected chi connectivity index (χ0v) is 17.3. The summed E-state index contributed by atoms with van der Waals surface area (Å²) in [5.74, 6) is 0.222. The molecule has 0 atom stereocenters. The summed E-state index contributed by atoms with van der Waals surface area (Å²) in [5, 5.41) is 9.18. The summed E-state index contributed by atoms with van der Waals surface area (Å²) in [6.45, 7) is 6.08. The molecule has 0 amide bonds. The lowest BCUT2D eigenvalue weighted by Crippen LogP contribution is -2.23. The highest BCUT2D eigenvalue weighted by molar-refractivity contribution is 5.92. The number of allylic oxidation sites excluding steroid dienone is 1. The highest BCUT2D eigenvalue weighted by Crippen LogP contribution is 2.29. The minimum atomic E-state index is -0.306. The molecule has 0 radical (unpaired) electrons. The average Bonchev–Trinajstić information content (AvgIpc) is 3.43. The van der Waals surface area contributed by atoms with E-state index in [0.29, 0.717) is 33.8 Å². The van der Waals surface area contributed by atoms with Crippen LogP contribution in [0.1, 0.15) is 12.6 Å². The van der Waals surface area contributed by atoms with Crippen LogP contribution >= 0.6 is 0 Å². The van der Waals surface area contributed by atoms with Crippen LogP contribution in [0.3, 0.4) is 0 Å². The van der Waals surface area contributed by atoms with Crippen molar-refractivity contribution in [1.29, 1.82) is 0 Å². The number of pyridine rings is 2. The molecule has 4 aromatic heterocycles. The molecular weight excluding hydrogens is 403 g/mol. The first kappa shape index (κ1) is 19.6. The summed E-state index contributed by atoms with van der Waals surface area (Å²) in [6, 6.07) is 14.1. The second-order valence-corrected chi connectivity index (χ2v) is 7.20. The number of halogens is 1. The number of benzene rings is 1. The van der Waals surface area contributed by atoms with Crippen molar-refractivity contribution in [3.8, 4) is 22.6 Å². The average molecular weight is 422 g/mol. The van der Waals surface area contributed by atoms with Crippen molar-refractivity contribution >= 4 is 28.9 Å². The van der Waals surface area contributed by atoms with Crippen LogP contribution in [0.4, 0.5) is 4.39 Å². The molecule has 6 nitrogen and oxygen atoms in total. The van der Waals surface area contributed by atoms with Crippen molar-refractivity contribution < 1.29 is 4.39 Å². The Hall–Kier alpha value is -4.39. The van der Waals surface area contributed by atoms with Gasteiger partial charge in [-0.15, -0.1) is 0 Å². The van der Waals surface area contributed by atoms with Gasteiger partial charge in [0.15, 0.2) is 11.5 Å². The number of aromatic nitrogens is 6. The number of H-pyrrole nitrogens is 2. The maximum Gasteiger partial charge on any atom is 0.178 e. The van der Waals surface area contributed by atoms with Crippen LogP contribution in [0.5, 0.6) is 0 Å². The molecule has 0 spiro atoms. The van der Waals surface area contributed by atoms with Crippen molar-refractivity contribution in [2.45, 2.75) is 6.92 Å². The van der Waals surface area contributed by atoms with Crippen molar-refractivity contribution in [2.24, 2.45) is 0 Å². The largest absolute Gasteiger partial charge is 0.335 e. The van der Waals surface area contributed by atoms with E-state index in [-0.39, 0.29) is 5.82 Å². The number of rotatable bonds is 4. The summed E-state index contributed by atoms with van der Waals surface area (Å²) in [5.41, 5.74) is 4.44. The first-order valence-corrected chi connectivity index (χ1v) is 10.1. The first-order valence-electron chi connectivity index (χ1n) is 10.1. The molecule has 0 bridgehead atoms. The van der Waals surface area contributed by atoms with Crippen LogP contribution < -0.4 is 10.6 Å². The lowest BCUT2D eigenvalue weighted by Gasteiger charge is -2.03. The van der Waals surface area contributed by atoms with E-state index in [1.807, 2.05) is 37.3 Å². The normalized spacial score (nSPS) is 12.6. The van der Waals surface area contributed by atoms with Crippen LogP contribution in [0.15, 0.2) is 67.5 Å². The predicted molar refractivity (Wildman–Crippen MR) is 124 cm³/mol. The van der Waals surface area contributed by atoms with E-state index in [0.717, 1.165) is 21.8 Å². The molecule has 4 heterocycles. The molecule has 0 aliphatic heterocycles. The number of nitrogens with zero attached hydrogens (tertiary/aromatic N) is 4. The van der Waals surface area contributed by atoms with E-state index in [1.165, 1.54) is 6.07 Å². The summed E-state index contributed by atoms with van der Waals surface area (Å²) >= 11 is 0. The number of hydrogen-bond donors (Lipinski definition) is 2. The van der Waals surface area contributed by atoms with Crippen molar-refractivity contribution in [1.82, 2.24) is 30.1 Å². The van der Waals surface area contributed by atoms with Crippen LogP contribution in [0.2, 0.25) is 0 Å². The van der Waals surface area contributed by atoms with Gasteiger partial charge in [-0.2, -0.15) is 5.10 Å². The monoisotopic (exact) mass is 422 g/mol. The molecule has 2 N–H and O–H groups in total. The molecule has 0 aliphatic rings. The molecular formula is C25H19FN6. The van der Waals surface area contributed by atoms with Crippen molar-refractivity contribution in [2.75, 3.05) is 0 Å². The van der Waals surface area contributed by atoms with Gasteiger partial charge in [-0.1, -0.05) is 36.9 Å². The summed E-state index contributed by atoms with van der Waals surface area (Å²) < 4.78 is 14.5. The SMILES string of the molecule is C=C(/C=c1/c(-c2nc3nccc(-c4ccccc4F)c3[nH]2)n[nH]/c1=C/C)c1ccccn1. The van der Waals surface area contributed by atoms with Gasteiger partial charge in [0.05, 0.1) is 16.6 Å². The molecule has 1 aromatic carbocycles. The smallest absolute Gasteiger partial charge is 0.178 e. The second-order valence-electron chi connectivity index (χ2n) is 7.20. The standard InChI is InChI=1S/C25H19FN6/c1-3-20-18(14-15(2)21-10-6-7-12-27-21)23(32-31-20)25-29-22-17(11-13-28-24(22)30-25)16-8-4-5-9-19(16)26/h3-14,31H,2H2,1H3,(H,28,29,30)/b18-14+,20-3+. The zero-order chi connectivity index (χ0) is 22.1. The fourth-order valence-electron chi connectivity index (χ4n) is 3.64. The molecule has 32 heavy (non-hydrogen) atoms. The quantitative estimate of drug-likeness (QED) is 0.461.